The van der Waals surface area contributed by atoms with E-state index in [1.807, 2.05) is 0 Å². The van der Waals surface area contributed by atoms with Gasteiger partial charge in [0.25, 0.3) is 0 Å². The minimum absolute atomic E-state index is 0.164. The Hall–Kier alpha value is -1.26. The number of ether oxygens (including phenoxy) is 1. The monoisotopic (exact) mass is 243 g/mol. The molecular formula is C11H14ClNO3. The number of methoxy groups -OCH3 is 1. The fourth-order valence-corrected chi connectivity index (χ4v) is 1.46. The Balaban J connectivity index is 2.87. The molecule has 0 N–H and O–H groups in total. The van der Waals surface area contributed by atoms with Crippen LogP contribution >= 0.6 is 11.6 Å². The van der Waals surface area contributed by atoms with E-state index in [1.165, 1.54) is 12.2 Å². The fraction of sp³-hybridized carbons (Fsp3) is 0.364. The number of nitrogens with zero attached hydrogens (tertiary/aromatic N) is 1. The number of carbonyl (C=O) groups is 1. The van der Waals surface area contributed by atoms with Crippen LogP contribution in [0.4, 0.5) is 0 Å². The Morgan fingerprint density at radius 3 is 2.69 bits per heavy atom. The van der Waals surface area contributed by atoms with Crippen molar-refractivity contribution in [2.24, 2.45) is 0 Å². The van der Waals surface area contributed by atoms with Gasteiger partial charge in [-0.1, -0.05) is 11.6 Å². The van der Waals surface area contributed by atoms with E-state index in [2.05, 4.69) is 0 Å². The van der Waals surface area contributed by atoms with Crippen LogP contribution in [-0.2, 0) is 16.1 Å². The number of hydrogen-bond acceptors (Lipinski definition) is 3. The number of likely N-dealkylation sites (N-methyl/N-ethyl adjacent to an activating group) is 1. The second-order valence-electron chi connectivity index (χ2n) is 3.21. The van der Waals surface area contributed by atoms with Gasteiger partial charge in [0.1, 0.15) is 5.75 Å². The van der Waals surface area contributed by atoms with Crippen molar-refractivity contribution >= 4 is 17.5 Å². The van der Waals surface area contributed by atoms with Gasteiger partial charge in [0, 0.05) is 17.6 Å². The van der Waals surface area contributed by atoms with Crippen molar-refractivity contribution in [3.8, 4) is 5.75 Å². The lowest BCUT2D eigenvalue weighted by atomic mass is 10.1. The van der Waals surface area contributed by atoms with Crippen LogP contribution in [0.25, 0.3) is 0 Å². The Kier molecular flexibility index (Phi) is 4.58. The van der Waals surface area contributed by atoms with E-state index in [0.29, 0.717) is 10.8 Å². The number of hydroxylamine groups is 2. The van der Waals surface area contributed by atoms with E-state index in [0.717, 1.165) is 5.56 Å². The molecule has 1 rings (SSSR count). The minimum atomic E-state index is -0.164. The van der Waals surface area contributed by atoms with Crippen molar-refractivity contribution in [3.63, 3.8) is 0 Å². The Bertz CT molecular complexity index is 381. The third-order valence-electron chi connectivity index (χ3n) is 2.21. The Morgan fingerprint density at radius 2 is 2.12 bits per heavy atom. The summed E-state index contributed by atoms with van der Waals surface area (Å²) in [5.41, 5.74) is 0.740. The number of carbonyl (C=O) groups excluding carboxylic acids is 1. The molecule has 88 valence electrons. The molecule has 0 radical (unpaired) electrons. The average molecular weight is 244 g/mol. The van der Waals surface area contributed by atoms with Crippen molar-refractivity contribution in [2.75, 3.05) is 21.3 Å². The van der Waals surface area contributed by atoms with Gasteiger partial charge >= 0.3 is 0 Å². The van der Waals surface area contributed by atoms with E-state index in [1.54, 1.807) is 32.4 Å². The summed E-state index contributed by atoms with van der Waals surface area (Å²) < 4.78 is 5.14. The zero-order valence-corrected chi connectivity index (χ0v) is 10.2. The van der Waals surface area contributed by atoms with Crippen molar-refractivity contribution in [3.05, 3.63) is 28.8 Å². The maximum atomic E-state index is 11.6. The highest BCUT2D eigenvalue weighted by atomic mass is 35.5. The lowest BCUT2D eigenvalue weighted by Crippen LogP contribution is -2.27. The minimum Gasteiger partial charge on any atom is -0.496 e. The van der Waals surface area contributed by atoms with Crippen molar-refractivity contribution < 1.29 is 14.4 Å². The van der Waals surface area contributed by atoms with Crippen LogP contribution in [0.3, 0.4) is 0 Å². The molecule has 0 spiro atoms. The van der Waals surface area contributed by atoms with Crippen LogP contribution in [0.15, 0.2) is 18.2 Å². The molecule has 0 unspecified atom stereocenters. The molecule has 0 bridgehead atoms. The number of amides is 1. The third-order valence-corrected chi connectivity index (χ3v) is 2.44. The van der Waals surface area contributed by atoms with E-state index in [-0.39, 0.29) is 12.3 Å². The molecule has 0 heterocycles. The summed E-state index contributed by atoms with van der Waals surface area (Å²) in [4.78, 5) is 16.4. The van der Waals surface area contributed by atoms with Gasteiger partial charge in [-0.2, -0.15) is 0 Å². The first-order valence-corrected chi connectivity index (χ1v) is 5.09. The predicted molar refractivity (Wildman–Crippen MR) is 61.5 cm³/mol. The van der Waals surface area contributed by atoms with E-state index < -0.39 is 0 Å². The summed E-state index contributed by atoms with van der Waals surface area (Å²) in [7, 11) is 4.55. The van der Waals surface area contributed by atoms with Gasteiger partial charge in [-0.25, -0.2) is 5.06 Å². The number of rotatable bonds is 4. The van der Waals surface area contributed by atoms with Crippen LogP contribution in [0, 0.1) is 0 Å². The van der Waals surface area contributed by atoms with Crippen molar-refractivity contribution in [1.29, 1.82) is 0 Å². The molecule has 0 saturated carbocycles. The molecular weight excluding hydrogens is 230 g/mol. The molecule has 0 aliphatic carbocycles. The van der Waals surface area contributed by atoms with E-state index >= 15 is 0 Å². The first-order valence-electron chi connectivity index (χ1n) is 4.71. The molecule has 1 amide bonds. The topological polar surface area (TPSA) is 38.8 Å². The van der Waals surface area contributed by atoms with Crippen LogP contribution in [0.2, 0.25) is 5.02 Å². The van der Waals surface area contributed by atoms with Crippen LogP contribution in [0.5, 0.6) is 5.75 Å². The van der Waals surface area contributed by atoms with Crippen LogP contribution < -0.4 is 4.74 Å². The molecule has 0 aliphatic rings. The lowest BCUT2D eigenvalue weighted by molar-refractivity contribution is -0.167. The Morgan fingerprint density at radius 1 is 1.44 bits per heavy atom. The summed E-state index contributed by atoms with van der Waals surface area (Å²) >= 11 is 5.86. The number of hydrogen-bond donors (Lipinski definition) is 0. The standard InChI is InChI=1S/C11H14ClNO3/c1-13(16-3)11(14)7-8-6-9(12)4-5-10(8)15-2/h4-6H,7H2,1-3H3. The molecule has 5 heteroatoms. The second kappa shape index (κ2) is 5.72. The molecule has 4 nitrogen and oxygen atoms in total. The second-order valence-corrected chi connectivity index (χ2v) is 3.64. The maximum Gasteiger partial charge on any atom is 0.250 e. The third kappa shape index (κ3) is 3.12. The van der Waals surface area contributed by atoms with Gasteiger partial charge in [0.05, 0.1) is 20.6 Å². The van der Waals surface area contributed by atoms with Gasteiger partial charge in [0.2, 0.25) is 5.91 Å². The largest absolute Gasteiger partial charge is 0.496 e. The van der Waals surface area contributed by atoms with Crippen molar-refractivity contribution in [2.45, 2.75) is 6.42 Å². The molecule has 1 aromatic carbocycles. The quantitative estimate of drug-likeness (QED) is 0.759. The molecule has 0 atom stereocenters. The highest BCUT2D eigenvalue weighted by molar-refractivity contribution is 6.30. The SMILES string of the molecule is COc1ccc(Cl)cc1CC(=O)N(C)OC. The highest BCUT2D eigenvalue weighted by Gasteiger charge is 2.12. The van der Waals surface area contributed by atoms with Gasteiger partial charge in [-0.05, 0) is 18.2 Å². The summed E-state index contributed by atoms with van der Waals surface area (Å²) in [5.74, 6) is 0.477. The van der Waals surface area contributed by atoms with Gasteiger partial charge in [-0.3, -0.25) is 9.63 Å². The first-order chi connectivity index (χ1) is 7.58. The summed E-state index contributed by atoms with van der Waals surface area (Å²) in [6, 6.07) is 5.16. The number of benzene rings is 1. The molecule has 16 heavy (non-hydrogen) atoms. The molecule has 0 fully saturated rings. The predicted octanol–water partition coefficient (Wildman–Crippen LogP) is 1.91. The van der Waals surface area contributed by atoms with Crippen LogP contribution in [-0.4, -0.2) is 32.2 Å². The zero-order chi connectivity index (χ0) is 12.1. The summed E-state index contributed by atoms with van der Waals surface area (Å²) in [6.45, 7) is 0. The lowest BCUT2D eigenvalue weighted by Gasteiger charge is -2.15. The fourth-order valence-electron chi connectivity index (χ4n) is 1.26. The van der Waals surface area contributed by atoms with Gasteiger partial charge < -0.3 is 4.74 Å². The summed E-state index contributed by atoms with van der Waals surface area (Å²) in [5, 5.41) is 1.74. The normalized spacial score (nSPS) is 10.0. The van der Waals surface area contributed by atoms with Crippen molar-refractivity contribution in [1.82, 2.24) is 5.06 Å². The Labute approximate surface area is 99.7 Å². The summed E-state index contributed by atoms with van der Waals surface area (Å²) in [6.07, 6.45) is 0.189. The first kappa shape index (κ1) is 12.8. The smallest absolute Gasteiger partial charge is 0.250 e. The molecule has 1 aromatic rings. The highest BCUT2D eigenvalue weighted by Crippen LogP contribution is 2.23. The number of halogens is 1. The molecule has 0 saturated heterocycles. The molecule has 0 aliphatic heterocycles. The maximum absolute atomic E-state index is 11.6. The van der Waals surface area contributed by atoms with Gasteiger partial charge in [0.15, 0.2) is 0 Å². The van der Waals surface area contributed by atoms with Crippen LogP contribution in [0.1, 0.15) is 5.56 Å². The van der Waals surface area contributed by atoms with Gasteiger partial charge in [-0.15, -0.1) is 0 Å². The molecule has 0 aromatic heterocycles. The van der Waals surface area contributed by atoms with E-state index in [9.17, 15) is 4.79 Å². The zero-order valence-electron chi connectivity index (χ0n) is 9.49. The van der Waals surface area contributed by atoms with E-state index in [4.69, 9.17) is 21.2 Å². The average Bonchev–Trinajstić information content (AvgIpc) is 2.28.